The van der Waals surface area contributed by atoms with Crippen LogP contribution in [0.25, 0.3) is 5.78 Å². The Labute approximate surface area is 146 Å². The third-order valence-corrected chi connectivity index (χ3v) is 4.80. The zero-order valence-corrected chi connectivity index (χ0v) is 15.3. The Hall–Kier alpha value is -2.08. The zero-order chi connectivity index (χ0) is 17.1. The summed E-state index contributed by atoms with van der Waals surface area (Å²) in [5.41, 5.74) is 2.25. The molecule has 0 radical (unpaired) electrons. The van der Waals surface area contributed by atoms with Crippen LogP contribution in [0.3, 0.4) is 0 Å². The second-order valence-corrected chi connectivity index (χ2v) is 7.71. The van der Waals surface area contributed by atoms with Gasteiger partial charge in [-0.15, -0.1) is 11.8 Å². The highest BCUT2D eigenvalue weighted by Crippen LogP contribution is 2.26. The Balaban J connectivity index is 1.81. The molecule has 0 spiro atoms. The molecule has 0 amide bonds. The molecule has 24 heavy (non-hydrogen) atoms. The van der Waals surface area contributed by atoms with Gasteiger partial charge in [-0.2, -0.15) is 14.6 Å². The Morgan fingerprint density at radius 2 is 1.92 bits per heavy atom. The van der Waals surface area contributed by atoms with E-state index in [0.717, 1.165) is 17.9 Å². The summed E-state index contributed by atoms with van der Waals surface area (Å²) in [6, 6.07) is 11.0. The van der Waals surface area contributed by atoms with E-state index < -0.39 is 0 Å². The fourth-order valence-electron chi connectivity index (χ4n) is 2.56. The van der Waals surface area contributed by atoms with Crippen molar-refractivity contribution in [2.24, 2.45) is 0 Å². The summed E-state index contributed by atoms with van der Waals surface area (Å²) >= 11 is 1.88. The molecule has 3 rings (SSSR count). The van der Waals surface area contributed by atoms with E-state index in [1.54, 1.807) is 4.52 Å². The summed E-state index contributed by atoms with van der Waals surface area (Å²) in [4.78, 5) is 9.99. The van der Waals surface area contributed by atoms with Crippen molar-refractivity contribution in [1.82, 2.24) is 19.6 Å². The van der Waals surface area contributed by atoms with Crippen molar-refractivity contribution in [3.63, 3.8) is 0 Å². The number of rotatable bonds is 6. The molecule has 0 aliphatic carbocycles. The van der Waals surface area contributed by atoms with E-state index in [1.165, 1.54) is 16.8 Å². The van der Waals surface area contributed by atoms with Gasteiger partial charge in [0.15, 0.2) is 0 Å². The van der Waals surface area contributed by atoms with Gasteiger partial charge in [0.2, 0.25) is 0 Å². The zero-order valence-electron chi connectivity index (χ0n) is 14.5. The lowest BCUT2D eigenvalue weighted by Gasteiger charge is -2.17. The predicted molar refractivity (Wildman–Crippen MR) is 99.6 cm³/mol. The van der Waals surface area contributed by atoms with Gasteiger partial charge in [-0.1, -0.05) is 32.9 Å². The maximum atomic E-state index is 4.48. The fraction of sp³-hybridized carbons (Fsp3) is 0.389. The summed E-state index contributed by atoms with van der Waals surface area (Å²) in [6.45, 7) is 8.66. The number of thioether (sulfide) groups is 1. The largest absolute Gasteiger partial charge is 0.363 e. The number of anilines is 1. The highest BCUT2D eigenvalue weighted by atomic mass is 32.2. The van der Waals surface area contributed by atoms with E-state index in [9.17, 15) is 0 Å². The van der Waals surface area contributed by atoms with Gasteiger partial charge >= 0.3 is 0 Å². The van der Waals surface area contributed by atoms with Crippen LogP contribution in [0.5, 0.6) is 0 Å². The van der Waals surface area contributed by atoms with Crippen LogP contribution in [0, 0.1) is 0 Å². The minimum atomic E-state index is 0.169. The van der Waals surface area contributed by atoms with Crippen LogP contribution < -0.4 is 5.32 Å². The second-order valence-electron chi connectivity index (χ2n) is 6.06. The summed E-state index contributed by atoms with van der Waals surface area (Å²) in [5.74, 6) is 1.55. The van der Waals surface area contributed by atoms with E-state index in [1.807, 2.05) is 17.8 Å². The van der Waals surface area contributed by atoms with E-state index in [0.29, 0.717) is 11.0 Å². The molecule has 5 nitrogen and oxygen atoms in total. The molecule has 1 unspecified atom stereocenters. The van der Waals surface area contributed by atoms with Crippen LogP contribution in [0.4, 0.5) is 5.82 Å². The molecule has 126 valence electrons. The Kier molecular flexibility index (Phi) is 5.04. The minimum absolute atomic E-state index is 0.169. The van der Waals surface area contributed by atoms with Crippen LogP contribution in [0.1, 0.15) is 45.0 Å². The van der Waals surface area contributed by atoms with Gasteiger partial charge in [0, 0.05) is 27.9 Å². The van der Waals surface area contributed by atoms with Gasteiger partial charge in [-0.05, 0) is 31.0 Å². The molecule has 1 N–H and O–H groups in total. The van der Waals surface area contributed by atoms with Crippen molar-refractivity contribution in [2.45, 2.75) is 50.3 Å². The van der Waals surface area contributed by atoms with Crippen LogP contribution in [-0.4, -0.2) is 24.8 Å². The number of benzene rings is 1. The number of nitrogens with zero attached hydrogens (tertiary/aromatic N) is 4. The van der Waals surface area contributed by atoms with Crippen molar-refractivity contribution < 1.29 is 0 Å². The first-order chi connectivity index (χ1) is 11.6. The maximum absolute atomic E-state index is 4.48. The normalized spacial score (nSPS) is 12.7. The maximum Gasteiger partial charge on any atom is 0.254 e. The summed E-state index contributed by atoms with van der Waals surface area (Å²) in [5, 5.41) is 8.39. The van der Waals surface area contributed by atoms with Crippen LogP contribution >= 0.6 is 11.8 Å². The average molecular weight is 341 g/mol. The van der Waals surface area contributed by atoms with Crippen molar-refractivity contribution in [3.05, 3.63) is 47.9 Å². The van der Waals surface area contributed by atoms with Gasteiger partial charge in [0.1, 0.15) is 12.1 Å². The van der Waals surface area contributed by atoms with Crippen molar-refractivity contribution in [3.8, 4) is 0 Å². The third-order valence-electron chi connectivity index (χ3n) is 3.78. The van der Waals surface area contributed by atoms with Gasteiger partial charge in [-0.25, -0.2) is 4.98 Å². The molecule has 6 heteroatoms. The molecule has 0 aliphatic rings. The summed E-state index contributed by atoms with van der Waals surface area (Å²) in [6.07, 6.45) is 2.41. The van der Waals surface area contributed by atoms with E-state index >= 15 is 0 Å². The molecule has 0 fully saturated rings. The lowest BCUT2D eigenvalue weighted by Crippen LogP contribution is -2.11. The number of nitrogens with one attached hydrogen (secondary N) is 1. The summed E-state index contributed by atoms with van der Waals surface area (Å²) in [7, 11) is 0. The van der Waals surface area contributed by atoms with Crippen molar-refractivity contribution in [2.75, 3.05) is 5.32 Å². The van der Waals surface area contributed by atoms with Crippen molar-refractivity contribution in [1.29, 1.82) is 0 Å². The van der Waals surface area contributed by atoms with Gasteiger partial charge < -0.3 is 5.32 Å². The van der Waals surface area contributed by atoms with E-state index in [-0.39, 0.29) is 6.04 Å². The van der Waals surface area contributed by atoms with Crippen LogP contribution in [0.15, 0.2) is 41.6 Å². The number of fused-ring (bicyclic) bond motifs is 1. The minimum Gasteiger partial charge on any atom is -0.363 e. The molecular formula is C18H23N5S. The van der Waals surface area contributed by atoms with Gasteiger partial charge in [0.05, 0.1) is 0 Å². The number of hydrogen-bond acceptors (Lipinski definition) is 5. The average Bonchev–Trinajstić information content (AvgIpc) is 3.03. The van der Waals surface area contributed by atoms with E-state index in [2.05, 4.69) is 72.3 Å². The molecule has 1 atom stereocenters. The number of aromatic nitrogens is 4. The second kappa shape index (κ2) is 7.21. The standard InChI is InChI=1S/C18H23N5S/c1-5-15-10-17(23-18(22-15)19-11-20-23)21-13(4)14-6-8-16(9-7-14)24-12(2)3/h6-13,21H,5H2,1-4H3. The monoisotopic (exact) mass is 341 g/mol. The summed E-state index contributed by atoms with van der Waals surface area (Å²) < 4.78 is 1.75. The first-order valence-electron chi connectivity index (χ1n) is 8.29. The Morgan fingerprint density at radius 3 is 2.58 bits per heavy atom. The molecule has 1 aromatic carbocycles. The smallest absolute Gasteiger partial charge is 0.254 e. The Bertz CT molecular complexity index is 810. The molecule has 3 aromatic rings. The van der Waals surface area contributed by atoms with Gasteiger partial charge in [-0.3, -0.25) is 0 Å². The molecule has 0 saturated carbocycles. The fourth-order valence-corrected chi connectivity index (χ4v) is 3.40. The number of hydrogen-bond donors (Lipinski definition) is 1. The topological polar surface area (TPSA) is 55.1 Å². The third kappa shape index (κ3) is 3.70. The molecule has 0 saturated heterocycles. The first kappa shape index (κ1) is 16.8. The molecule has 2 heterocycles. The highest BCUT2D eigenvalue weighted by molar-refractivity contribution is 7.99. The van der Waals surface area contributed by atoms with Gasteiger partial charge in [0.25, 0.3) is 5.78 Å². The predicted octanol–water partition coefficient (Wildman–Crippen LogP) is 4.36. The molecule has 0 aliphatic heterocycles. The lowest BCUT2D eigenvalue weighted by molar-refractivity contribution is 0.832. The number of aryl methyl sites for hydroxylation is 1. The highest BCUT2D eigenvalue weighted by Gasteiger charge is 2.11. The molecular weight excluding hydrogens is 318 g/mol. The SMILES string of the molecule is CCc1cc(NC(C)c2ccc(SC(C)C)cc2)n2ncnc2n1. The van der Waals surface area contributed by atoms with Crippen molar-refractivity contribution >= 4 is 23.4 Å². The van der Waals surface area contributed by atoms with Crippen LogP contribution in [0.2, 0.25) is 0 Å². The lowest BCUT2D eigenvalue weighted by atomic mass is 10.1. The Morgan fingerprint density at radius 1 is 1.17 bits per heavy atom. The van der Waals surface area contributed by atoms with E-state index in [4.69, 9.17) is 0 Å². The molecule has 0 bridgehead atoms. The quantitative estimate of drug-likeness (QED) is 0.675. The molecule has 2 aromatic heterocycles. The first-order valence-corrected chi connectivity index (χ1v) is 9.17. The van der Waals surface area contributed by atoms with Crippen LogP contribution in [-0.2, 0) is 6.42 Å².